The number of aromatic nitrogens is 2. The second kappa shape index (κ2) is 6.68. The first-order valence-electron chi connectivity index (χ1n) is 7.67. The van der Waals surface area contributed by atoms with Crippen LogP contribution < -0.4 is 5.32 Å². The fraction of sp³-hybridized carbons (Fsp3) is 0. The fourth-order valence-electron chi connectivity index (χ4n) is 2.46. The van der Waals surface area contributed by atoms with Gasteiger partial charge in [0.05, 0.1) is 5.56 Å². The molecule has 1 N–H and O–H groups in total. The number of oxazole rings is 1. The Morgan fingerprint density at radius 1 is 1.08 bits per heavy atom. The second-order valence-corrected chi connectivity index (χ2v) is 6.47. The molecule has 4 aromatic rings. The summed E-state index contributed by atoms with van der Waals surface area (Å²) in [5.41, 5.74) is 2.88. The van der Waals surface area contributed by atoms with E-state index >= 15 is 0 Å². The number of hydrogen-bond acceptors (Lipinski definition) is 4. The Bertz CT molecular complexity index is 1110. The van der Waals surface area contributed by atoms with Gasteiger partial charge in [-0.15, -0.1) is 0 Å². The summed E-state index contributed by atoms with van der Waals surface area (Å²) < 4.78 is 19.5. The van der Waals surface area contributed by atoms with Gasteiger partial charge in [-0.25, -0.2) is 9.37 Å². The van der Waals surface area contributed by atoms with E-state index in [2.05, 4.69) is 31.2 Å². The van der Waals surface area contributed by atoms with Gasteiger partial charge >= 0.3 is 0 Å². The highest BCUT2D eigenvalue weighted by atomic mass is 79.9. The van der Waals surface area contributed by atoms with E-state index in [0.29, 0.717) is 28.2 Å². The summed E-state index contributed by atoms with van der Waals surface area (Å²) in [5.74, 6) is -0.278. The zero-order valence-corrected chi connectivity index (χ0v) is 14.8. The van der Waals surface area contributed by atoms with Crippen LogP contribution in [0.1, 0.15) is 10.4 Å². The number of amides is 1. The Morgan fingerprint density at radius 3 is 2.65 bits per heavy atom. The van der Waals surface area contributed by atoms with Crippen LogP contribution in [0.5, 0.6) is 0 Å². The molecule has 0 unspecified atom stereocenters. The van der Waals surface area contributed by atoms with Crippen molar-refractivity contribution in [2.24, 2.45) is 0 Å². The topological polar surface area (TPSA) is 68.0 Å². The monoisotopic (exact) mass is 411 g/mol. The second-order valence-electron chi connectivity index (χ2n) is 5.55. The van der Waals surface area contributed by atoms with Crippen LogP contribution >= 0.6 is 15.9 Å². The van der Waals surface area contributed by atoms with Crippen molar-refractivity contribution in [2.45, 2.75) is 0 Å². The molecule has 0 atom stereocenters. The van der Waals surface area contributed by atoms with E-state index in [1.807, 2.05) is 6.07 Å². The van der Waals surface area contributed by atoms with Crippen LogP contribution in [-0.2, 0) is 0 Å². The van der Waals surface area contributed by atoms with Crippen molar-refractivity contribution < 1.29 is 13.6 Å². The SMILES string of the molecule is O=C(Nc1ccc2oc(-c3cncc(Br)c3)nc2c1)c1ccc(F)cc1. The molecule has 0 fully saturated rings. The highest BCUT2D eigenvalue weighted by molar-refractivity contribution is 9.10. The fourth-order valence-corrected chi connectivity index (χ4v) is 2.83. The molecule has 26 heavy (non-hydrogen) atoms. The predicted octanol–water partition coefficient (Wildman–Crippen LogP) is 5.04. The van der Waals surface area contributed by atoms with Crippen LogP contribution in [0.4, 0.5) is 10.1 Å². The van der Waals surface area contributed by atoms with E-state index in [0.717, 1.165) is 10.0 Å². The van der Waals surface area contributed by atoms with Gasteiger partial charge < -0.3 is 9.73 Å². The van der Waals surface area contributed by atoms with E-state index in [1.54, 1.807) is 30.6 Å². The van der Waals surface area contributed by atoms with Gasteiger partial charge in [-0.3, -0.25) is 9.78 Å². The molecule has 0 aliphatic heterocycles. The third-order valence-electron chi connectivity index (χ3n) is 3.70. The molecule has 2 aromatic heterocycles. The van der Waals surface area contributed by atoms with Crippen molar-refractivity contribution in [1.82, 2.24) is 9.97 Å². The molecule has 2 heterocycles. The Labute approximate surface area is 156 Å². The lowest BCUT2D eigenvalue weighted by molar-refractivity contribution is 0.102. The summed E-state index contributed by atoms with van der Waals surface area (Å²) in [6.45, 7) is 0. The first-order valence-corrected chi connectivity index (χ1v) is 8.46. The number of benzene rings is 2. The summed E-state index contributed by atoms with van der Waals surface area (Å²) in [5, 5.41) is 2.77. The minimum atomic E-state index is -0.389. The average molecular weight is 412 g/mol. The first-order chi connectivity index (χ1) is 12.6. The van der Waals surface area contributed by atoms with Crippen LogP contribution in [0.25, 0.3) is 22.6 Å². The quantitative estimate of drug-likeness (QED) is 0.512. The van der Waals surface area contributed by atoms with Crippen molar-refractivity contribution in [3.63, 3.8) is 0 Å². The number of hydrogen-bond donors (Lipinski definition) is 1. The van der Waals surface area contributed by atoms with Crippen molar-refractivity contribution in [3.8, 4) is 11.5 Å². The van der Waals surface area contributed by atoms with Gasteiger partial charge in [0.1, 0.15) is 11.3 Å². The highest BCUT2D eigenvalue weighted by Crippen LogP contribution is 2.27. The minimum Gasteiger partial charge on any atom is -0.436 e. The van der Waals surface area contributed by atoms with Crippen LogP contribution in [0.15, 0.2) is 69.8 Å². The smallest absolute Gasteiger partial charge is 0.255 e. The van der Waals surface area contributed by atoms with Gasteiger partial charge in [0.2, 0.25) is 5.89 Å². The number of nitrogens with zero attached hydrogens (tertiary/aromatic N) is 2. The summed E-state index contributed by atoms with van der Waals surface area (Å²) in [4.78, 5) is 20.8. The third kappa shape index (κ3) is 3.34. The van der Waals surface area contributed by atoms with Gasteiger partial charge in [-0.05, 0) is 64.5 Å². The Hall–Kier alpha value is -3.06. The molecular formula is C19H11BrFN3O2. The lowest BCUT2D eigenvalue weighted by Crippen LogP contribution is -2.11. The number of fused-ring (bicyclic) bond motifs is 1. The maximum atomic E-state index is 13.0. The molecule has 4 rings (SSSR count). The standard InChI is InChI=1S/C19H11BrFN3O2/c20-13-7-12(9-22-10-13)19-24-16-8-15(5-6-17(16)26-19)23-18(25)11-1-3-14(21)4-2-11/h1-10H,(H,23,25). The molecule has 128 valence electrons. The van der Waals surface area contributed by atoms with E-state index in [1.165, 1.54) is 24.3 Å². The van der Waals surface area contributed by atoms with Crippen LogP contribution in [0, 0.1) is 5.82 Å². The maximum absolute atomic E-state index is 13.0. The number of carbonyl (C=O) groups is 1. The van der Waals surface area contributed by atoms with Crippen LogP contribution in [0.2, 0.25) is 0 Å². The molecule has 5 nitrogen and oxygen atoms in total. The largest absolute Gasteiger partial charge is 0.436 e. The summed E-state index contributed by atoms with van der Waals surface area (Å²) in [7, 11) is 0. The van der Waals surface area contributed by atoms with E-state index < -0.39 is 0 Å². The maximum Gasteiger partial charge on any atom is 0.255 e. The van der Waals surface area contributed by atoms with Gasteiger partial charge in [0.15, 0.2) is 5.58 Å². The number of nitrogens with one attached hydrogen (secondary N) is 1. The molecule has 0 radical (unpaired) electrons. The number of anilines is 1. The van der Waals surface area contributed by atoms with E-state index in [9.17, 15) is 9.18 Å². The Morgan fingerprint density at radius 2 is 1.88 bits per heavy atom. The Kier molecular flexibility index (Phi) is 4.22. The summed E-state index contributed by atoms with van der Waals surface area (Å²) >= 11 is 3.37. The van der Waals surface area contributed by atoms with Gasteiger partial charge in [0, 0.05) is 28.1 Å². The molecule has 7 heteroatoms. The van der Waals surface area contributed by atoms with Crippen LogP contribution in [0.3, 0.4) is 0 Å². The molecule has 0 aliphatic carbocycles. The number of halogens is 2. The minimum absolute atomic E-state index is 0.329. The van der Waals surface area contributed by atoms with Gasteiger partial charge in [0.25, 0.3) is 5.91 Å². The molecule has 0 saturated carbocycles. The molecule has 0 aliphatic rings. The molecule has 1 amide bonds. The summed E-state index contributed by atoms with van der Waals surface area (Å²) in [6.07, 6.45) is 3.34. The van der Waals surface area contributed by atoms with Crippen molar-refractivity contribution in [2.75, 3.05) is 5.32 Å². The lowest BCUT2D eigenvalue weighted by Gasteiger charge is -2.04. The first kappa shape index (κ1) is 16.4. The summed E-state index contributed by atoms with van der Waals surface area (Å²) in [6, 6.07) is 12.4. The predicted molar refractivity (Wildman–Crippen MR) is 99.3 cm³/mol. The molecule has 0 bridgehead atoms. The van der Waals surface area contributed by atoms with E-state index in [4.69, 9.17) is 4.42 Å². The normalized spacial score (nSPS) is 10.8. The highest BCUT2D eigenvalue weighted by Gasteiger charge is 2.11. The van der Waals surface area contributed by atoms with Crippen molar-refractivity contribution in [1.29, 1.82) is 0 Å². The number of carbonyl (C=O) groups excluding carboxylic acids is 1. The zero-order chi connectivity index (χ0) is 18.1. The molecule has 2 aromatic carbocycles. The zero-order valence-electron chi connectivity index (χ0n) is 13.2. The lowest BCUT2D eigenvalue weighted by atomic mass is 10.2. The van der Waals surface area contributed by atoms with Crippen molar-refractivity contribution in [3.05, 3.63) is 76.8 Å². The molecular weight excluding hydrogens is 401 g/mol. The Balaban J connectivity index is 1.61. The molecule has 0 saturated heterocycles. The average Bonchev–Trinajstić information content (AvgIpc) is 3.05. The van der Waals surface area contributed by atoms with Gasteiger partial charge in [-0.2, -0.15) is 0 Å². The van der Waals surface area contributed by atoms with E-state index in [-0.39, 0.29) is 11.7 Å². The third-order valence-corrected chi connectivity index (χ3v) is 4.14. The van der Waals surface area contributed by atoms with Crippen molar-refractivity contribution >= 4 is 38.6 Å². The number of rotatable bonds is 3. The number of pyridine rings is 1. The van der Waals surface area contributed by atoms with Crippen LogP contribution in [-0.4, -0.2) is 15.9 Å². The van der Waals surface area contributed by atoms with Gasteiger partial charge in [-0.1, -0.05) is 0 Å². The molecule has 0 spiro atoms.